The molecule has 0 aliphatic rings. The Labute approximate surface area is 88.1 Å². The molecule has 0 unspecified atom stereocenters. The molecule has 0 spiro atoms. The average Bonchev–Trinajstić information content (AvgIpc) is 2.67. The first-order valence-corrected chi connectivity index (χ1v) is 4.85. The maximum absolute atomic E-state index is 13.2. The molecule has 0 saturated carbocycles. The van der Waals surface area contributed by atoms with Gasteiger partial charge in [-0.15, -0.1) is 11.3 Å². The van der Waals surface area contributed by atoms with E-state index >= 15 is 0 Å². The Morgan fingerprint density at radius 3 is 2.93 bits per heavy atom. The van der Waals surface area contributed by atoms with Gasteiger partial charge in [0.1, 0.15) is 5.01 Å². The lowest BCUT2D eigenvalue weighted by Crippen LogP contribution is -1.96. The third-order valence-corrected chi connectivity index (χ3v) is 2.60. The predicted molar refractivity (Wildman–Crippen MR) is 52.3 cm³/mol. The van der Waals surface area contributed by atoms with Crippen molar-refractivity contribution in [2.45, 2.75) is 0 Å². The zero-order chi connectivity index (χ0) is 10.8. The quantitative estimate of drug-likeness (QED) is 0.847. The van der Waals surface area contributed by atoms with Crippen molar-refractivity contribution in [3.63, 3.8) is 0 Å². The van der Waals surface area contributed by atoms with Crippen LogP contribution in [0.25, 0.3) is 10.6 Å². The van der Waals surface area contributed by atoms with E-state index in [9.17, 15) is 9.18 Å². The standard InChI is InChI=1S/C9H5FN2O2S/c10-6-3-11-2-1-5(6)8-12-7(4-15-8)9(13)14/h1-4H,(H,13,14). The summed E-state index contributed by atoms with van der Waals surface area (Å²) in [5.41, 5.74) is 0.189. The fourth-order valence-corrected chi connectivity index (χ4v) is 1.86. The second-order valence-corrected chi connectivity index (χ2v) is 3.56. The molecule has 0 aromatic carbocycles. The number of halogens is 1. The second kappa shape index (κ2) is 3.74. The molecular weight excluding hydrogens is 219 g/mol. The third kappa shape index (κ3) is 1.84. The summed E-state index contributed by atoms with van der Waals surface area (Å²) in [7, 11) is 0. The molecule has 0 radical (unpaired) electrons. The first-order valence-electron chi connectivity index (χ1n) is 3.97. The summed E-state index contributed by atoms with van der Waals surface area (Å²) in [6.45, 7) is 0. The summed E-state index contributed by atoms with van der Waals surface area (Å²) in [5, 5.41) is 10.4. The van der Waals surface area contributed by atoms with Crippen molar-refractivity contribution in [3.8, 4) is 10.6 Å². The summed E-state index contributed by atoms with van der Waals surface area (Å²) >= 11 is 1.09. The zero-order valence-corrected chi connectivity index (χ0v) is 8.16. The Kier molecular flexibility index (Phi) is 2.42. The van der Waals surface area contributed by atoms with Crippen LogP contribution in [0.3, 0.4) is 0 Å². The maximum atomic E-state index is 13.2. The zero-order valence-electron chi connectivity index (χ0n) is 7.35. The highest BCUT2D eigenvalue weighted by molar-refractivity contribution is 7.13. The third-order valence-electron chi connectivity index (χ3n) is 1.73. The van der Waals surface area contributed by atoms with Gasteiger partial charge in [-0.25, -0.2) is 14.2 Å². The summed E-state index contributed by atoms with van der Waals surface area (Å²) in [4.78, 5) is 18.0. The first-order chi connectivity index (χ1) is 7.18. The number of aromatic carboxylic acids is 1. The van der Waals surface area contributed by atoms with E-state index in [0.717, 1.165) is 17.5 Å². The Morgan fingerprint density at radius 2 is 2.33 bits per heavy atom. The lowest BCUT2D eigenvalue weighted by atomic mass is 10.3. The highest BCUT2D eigenvalue weighted by atomic mass is 32.1. The Bertz CT molecular complexity index is 512. The highest BCUT2D eigenvalue weighted by Crippen LogP contribution is 2.25. The van der Waals surface area contributed by atoms with Gasteiger partial charge in [0, 0.05) is 17.1 Å². The lowest BCUT2D eigenvalue weighted by Gasteiger charge is -1.95. The molecule has 0 bridgehead atoms. The molecule has 2 aromatic rings. The number of nitrogens with zero attached hydrogens (tertiary/aromatic N) is 2. The average molecular weight is 224 g/mol. The molecule has 4 nitrogen and oxygen atoms in total. The van der Waals surface area contributed by atoms with E-state index in [2.05, 4.69) is 9.97 Å². The van der Waals surface area contributed by atoms with Gasteiger partial charge >= 0.3 is 5.97 Å². The Morgan fingerprint density at radius 1 is 1.53 bits per heavy atom. The normalized spacial score (nSPS) is 10.2. The van der Waals surface area contributed by atoms with Crippen molar-refractivity contribution >= 4 is 17.3 Å². The number of pyridine rings is 1. The monoisotopic (exact) mass is 224 g/mol. The molecule has 0 fully saturated rings. The Balaban J connectivity index is 2.46. The molecule has 2 aromatic heterocycles. The maximum Gasteiger partial charge on any atom is 0.355 e. The minimum Gasteiger partial charge on any atom is -0.476 e. The van der Waals surface area contributed by atoms with Gasteiger partial charge in [-0.05, 0) is 6.07 Å². The van der Waals surface area contributed by atoms with Crippen molar-refractivity contribution in [1.82, 2.24) is 9.97 Å². The largest absolute Gasteiger partial charge is 0.476 e. The van der Waals surface area contributed by atoms with Gasteiger partial charge in [0.15, 0.2) is 11.5 Å². The topological polar surface area (TPSA) is 63.1 Å². The van der Waals surface area contributed by atoms with E-state index in [0.29, 0.717) is 5.01 Å². The fraction of sp³-hybridized carbons (Fsp3) is 0. The van der Waals surface area contributed by atoms with Crippen LogP contribution in [-0.2, 0) is 0 Å². The molecule has 1 N–H and O–H groups in total. The summed E-state index contributed by atoms with van der Waals surface area (Å²) in [6, 6.07) is 1.46. The van der Waals surface area contributed by atoms with Crippen LogP contribution in [0.5, 0.6) is 0 Å². The second-order valence-electron chi connectivity index (χ2n) is 2.70. The van der Waals surface area contributed by atoms with E-state index < -0.39 is 11.8 Å². The molecule has 76 valence electrons. The summed E-state index contributed by atoms with van der Waals surface area (Å²) in [5.74, 6) is -1.63. The predicted octanol–water partition coefficient (Wildman–Crippen LogP) is 2.04. The molecule has 0 aliphatic heterocycles. The summed E-state index contributed by atoms with van der Waals surface area (Å²) < 4.78 is 13.2. The van der Waals surface area contributed by atoms with Crippen LogP contribution in [0.4, 0.5) is 4.39 Å². The van der Waals surface area contributed by atoms with Crippen molar-refractivity contribution in [2.75, 3.05) is 0 Å². The molecule has 0 aliphatic carbocycles. The number of carboxylic acids is 1. The van der Waals surface area contributed by atoms with E-state index in [4.69, 9.17) is 5.11 Å². The fourth-order valence-electron chi connectivity index (χ4n) is 1.04. The number of carbonyl (C=O) groups is 1. The minimum absolute atomic E-state index is 0.0776. The van der Waals surface area contributed by atoms with Crippen molar-refractivity contribution in [2.24, 2.45) is 0 Å². The molecule has 2 rings (SSSR count). The lowest BCUT2D eigenvalue weighted by molar-refractivity contribution is 0.0691. The van der Waals surface area contributed by atoms with E-state index in [-0.39, 0.29) is 11.3 Å². The van der Waals surface area contributed by atoms with Crippen LogP contribution in [0.1, 0.15) is 10.5 Å². The van der Waals surface area contributed by atoms with Crippen LogP contribution in [0.2, 0.25) is 0 Å². The van der Waals surface area contributed by atoms with Crippen LogP contribution in [0, 0.1) is 5.82 Å². The number of aromatic nitrogens is 2. The molecular formula is C9H5FN2O2S. The molecule has 15 heavy (non-hydrogen) atoms. The molecule has 0 atom stereocenters. The van der Waals surface area contributed by atoms with Gasteiger partial charge in [0.05, 0.1) is 6.20 Å². The number of hydrogen-bond donors (Lipinski definition) is 1. The molecule has 0 amide bonds. The van der Waals surface area contributed by atoms with E-state index in [1.165, 1.54) is 17.6 Å². The van der Waals surface area contributed by atoms with Crippen molar-refractivity contribution < 1.29 is 14.3 Å². The van der Waals surface area contributed by atoms with Gasteiger partial charge in [0.2, 0.25) is 0 Å². The smallest absolute Gasteiger partial charge is 0.355 e. The number of rotatable bonds is 2. The van der Waals surface area contributed by atoms with Crippen LogP contribution in [0.15, 0.2) is 23.8 Å². The van der Waals surface area contributed by atoms with Crippen LogP contribution < -0.4 is 0 Å². The van der Waals surface area contributed by atoms with Gasteiger partial charge < -0.3 is 5.11 Å². The van der Waals surface area contributed by atoms with Crippen molar-refractivity contribution in [1.29, 1.82) is 0 Å². The highest BCUT2D eigenvalue weighted by Gasteiger charge is 2.12. The van der Waals surface area contributed by atoms with E-state index in [1.54, 1.807) is 0 Å². The van der Waals surface area contributed by atoms with Gasteiger partial charge in [0.25, 0.3) is 0 Å². The van der Waals surface area contributed by atoms with Gasteiger partial charge in [-0.2, -0.15) is 0 Å². The van der Waals surface area contributed by atoms with E-state index in [1.807, 2.05) is 0 Å². The summed E-state index contributed by atoms with van der Waals surface area (Å²) in [6.07, 6.45) is 2.50. The van der Waals surface area contributed by atoms with Crippen LogP contribution >= 0.6 is 11.3 Å². The molecule has 0 saturated heterocycles. The Hall–Kier alpha value is -1.82. The molecule has 2 heterocycles. The SMILES string of the molecule is O=C(O)c1csc(-c2ccncc2F)n1. The van der Waals surface area contributed by atoms with Gasteiger partial charge in [-0.1, -0.05) is 0 Å². The minimum atomic E-state index is -1.12. The first kappa shape index (κ1) is 9.72. The number of thiazole rings is 1. The van der Waals surface area contributed by atoms with Crippen molar-refractivity contribution in [3.05, 3.63) is 35.4 Å². The molecule has 6 heteroatoms. The number of hydrogen-bond acceptors (Lipinski definition) is 4. The number of carboxylic acid groups (broad SMARTS) is 1. The van der Waals surface area contributed by atoms with Gasteiger partial charge in [-0.3, -0.25) is 4.98 Å². The van der Waals surface area contributed by atoms with Crippen LogP contribution in [-0.4, -0.2) is 21.0 Å².